The third-order valence-corrected chi connectivity index (χ3v) is 2.76. The number of nitrogens with zero attached hydrogens (tertiary/aromatic N) is 4. The van der Waals surface area contributed by atoms with E-state index in [1.165, 1.54) is 12.1 Å². The molecular formula is C11H11ClFN5. The van der Waals surface area contributed by atoms with Gasteiger partial charge in [-0.2, -0.15) is 5.26 Å². The number of azide groups is 1. The standard InChI is InChI=1S/C11H11ClFN5/c1-11(7-14,16-4-5-17-18-15)9-3-2-8(13)6-10(9)12/h2-3,6,16H,4-5H2,1H3. The summed E-state index contributed by atoms with van der Waals surface area (Å²) in [6.07, 6.45) is 0. The smallest absolute Gasteiger partial charge is 0.130 e. The normalized spacial score (nSPS) is 13.2. The molecule has 0 aliphatic carbocycles. The van der Waals surface area contributed by atoms with Gasteiger partial charge in [-0.25, -0.2) is 4.39 Å². The van der Waals surface area contributed by atoms with Gasteiger partial charge in [-0.3, -0.25) is 5.32 Å². The second-order valence-electron chi connectivity index (χ2n) is 3.74. The Balaban J connectivity index is 2.93. The molecule has 0 amide bonds. The van der Waals surface area contributed by atoms with E-state index in [0.29, 0.717) is 12.1 Å². The van der Waals surface area contributed by atoms with Gasteiger partial charge in [-0.05, 0) is 24.6 Å². The summed E-state index contributed by atoms with van der Waals surface area (Å²) >= 11 is 5.92. The molecule has 0 spiro atoms. The summed E-state index contributed by atoms with van der Waals surface area (Å²) in [6.45, 7) is 2.16. The zero-order valence-corrected chi connectivity index (χ0v) is 10.4. The lowest BCUT2D eigenvalue weighted by atomic mass is 9.93. The van der Waals surface area contributed by atoms with Crippen LogP contribution in [0.15, 0.2) is 23.3 Å². The Hall–Kier alpha value is -1.80. The zero-order chi connectivity index (χ0) is 13.6. The van der Waals surface area contributed by atoms with E-state index in [1.807, 2.05) is 0 Å². The molecule has 0 aliphatic rings. The van der Waals surface area contributed by atoms with Gasteiger partial charge in [0.2, 0.25) is 0 Å². The SMILES string of the molecule is CC(C#N)(NCCN=[N+]=[N-])c1ccc(F)cc1Cl. The van der Waals surface area contributed by atoms with Crippen molar-refractivity contribution in [1.82, 2.24) is 5.32 Å². The first-order chi connectivity index (χ1) is 8.53. The Morgan fingerprint density at radius 3 is 2.94 bits per heavy atom. The second-order valence-corrected chi connectivity index (χ2v) is 4.15. The fourth-order valence-corrected chi connectivity index (χ4v) is 1.85. The monoisotopic (exact) mass is 267 g/mol. The van der Waals surface area contributed by atoms with Crippen molar-refractivity contribution in [2.45, 2.75) is 12.5 Å². The van der Waals surface area contributed by atoms with Gasteiger partial charge >= 0.3 is 0 Å². The molecule has 0 bridgehead atoms. The molecule has 0 aromatic heterocycles. The maximum absolute atomic E-state index is 12.9. The number of hydrogen-bond acceptors (Lipinski definition) is 3. The second kappa shape index (κ2) is 6.22. The summed E-state index contributed by atoms with van der Waals surface area (Å²) in [6, 6.07) is 5.94. The highest BCUT2D eigenvalue weighted by atomic mass is 35.5. The van der Waals surface area contributed by atoms with Crippen LogP contribution in [0.2, 0.25) is 5.02 Å². The van der Waals surface area contributed by atoms with E-state index in [0.717, 1.165) is 6.07 Å². The van der Waals surface area contributed by atoms with E-state index in [9.17, 15) is 9.65 Å². The minimum Gasteiger partial charge on any atom is -0.296 e. The molecule has 94 valence electrons. The summed E-state index contributed by atoms with van der Waals surface area (Å²) in [4.78, 5) is 2.61. The minimum atomic E-state index is -1.06. The van der Waals surface area contributed by atoms with E-state index in [4.69, 9.17) is 17.1 Å². The molecule has 1 aromatic carbocycles. The van der Waals surface area contributed by atoms with Crippen LogP contribution in [0.25, 0.3) is 10.4 Å². The molecule has 5 nitrogen and oxygen atoms in total. The molecule has 1 rings (SSSR count). The lowest BCUT2D eigenvalue weighted by Gasteiger charge is -2.24. The summed E-state index contributed by atoms with van der Waals surface area (Å²) in [5, 5.41) is 15.7. The Morgan fingerprint density at radius 1 is 1.67 bits per heavy atom. The molecule has 0 aliphatic heterocycles. The highest BCUT2D eigenvalue weighted by Gasteiger charge is 2.27. The number of hydrogen-bond donors (Lipinski definition) is 1. The van der Waals surface area contributed by atoms with Crippen molar-refractivity contribution in [2.24, 2.45) is 5.11 Å². The van der Waals surface area contributed by atoms with Crippen molar-refractivity contribution < 1.29 is 4.39 Å². The Labute approximate surface area is 109 Å². The van der Waals surface area contributed by atoms with Crippen LogP contribution in [0.5, 0.6) is 0 Å². The topological polar surface area (TPSA) is 84.6 Å². The molecule has 1 aromatic rings. The molecular weight excluding hydrogens is 257 g/mol. The average molecular weight is 268 g/mol. The zero-order valence-electron chi connectivity index (χ0n) is 9.69. The minimum absolute atomic E-state index is 0.176. The third-order valence-electron chi connectivity index (χ3n) is 2.45. The van der Waals surface area contributed by atoms with Gasteiger partial charge in [0.25, 0.3) is 0 Å². The Morgan fingerprint density at radius 2 is 2.39 bits per heavy atom. The first-order valence-corrected chi connectivity index (χ1v) is 5.54. The summed E-state index contributed by atoms with van der Waals surface area (Å²) in [5.74, 6) is -0.460. The molecule has 0 heterocycles. The van der Waals surface area contributed by atoms with Crippen LogP contribution in [0.4, 0.5) is 4.39 Å². The number of benzene rings is 1. The van der Waals surface area contributed by atoms with Crippen LogP contribution in [-0.4, -0.2) is 13.1 Å². The number of nitrogens with one attached hydrogen (secondary N) is 1. The summed E-state index contributed by atoms with van der Waals surface area (Å²) in [7, 11) is 0. The van der Waals surface area contributed by atoms with Crippen LogP contribution < -0.4 is 5.32 Å². The average Bonchev–Trinajstić information content (AvgIpc) is 2.34. The van der Waals surface area contributed by atoms with E-state index >= 15 is 0 Å². The van der Waals surface area contributed by atoms with E-state index in [1.54, 1.807) is 6.92 Å². The molecule has 1 N–H and O–H groups in total. The Bertz CT molecular complexity index is 521. The fraction of sp³-hybridized carbons (Fsp3) is 0.364. The van der Waals surface area contributed by atoms with Crippen molar-refractivity contribution >= 4 is 11.6 Å². The van der Waals surface area contributed by atoms with Crippen molar-refractivity contribution in [1.29, 1.82) is 5.26 Å². The van der Waals surface area contributed by atoms with Gasteiger partial charge in [0.05, 0.1) is 6.07 Å². The lowest BCUT2D eigenvalue weighted by Crippen LogP contribution is -2.39. The molecule has 1 unspecified atom stereocenters. The van der Waals surface area contributed by atoms with Gasteiger partial charge in [0.15, 0.2) is 0 Å². The predicted molar refractivity (Wildman–Crippen MR) is 66.4 cm³/mol. The van der Waals surface area contributed by atoms with Crippen LogP contribution in [0.1, 0.15) is 12.5 Å². The van der Waals surface area contributed by atoms with Gasteiger partial charge in [0.1, 0.15) is 11.4 Å². The highest BCUT2D eigenvalue weighted by molar-refractivity contribution is 6.31. The van der Waals surface area contributed by atoms with E-state index in [-0.39, 0.29) is 11.6 Å². The van der Waals surface area contributed by atoms with Gasteiger partial charge in [-0.15, -0.1) is 0 Å². The van der Waals surface area contributed by atoms with Gasteiger partial charge < -0.3 is 0 Å². The summed E-state index contributed by atoms with van der Waals surface area (Å²) < 4.78 is 12.9. The van der Waals surface area contributed by atoms with Crippen LogP contribution >= 0.6 is 11.6 Å². The maximum Gasteiger partial charge on any atom is 0.130 e. The van der Waals surface area contributed by atoms with Crippen molar-refractivity contribution in [3.63, 3.8) is 0 Å². The van der Waals surface area contributed by atoms with Gasteiger partial charge in [0, 0.05) is 28.6 Å². The van der Waals surface area contributed by atoms with Crippen molar-refractivity contribution in [3.05, 3.63) is 45.0 Å². The van der Waals surface area contributed by atoms with Crippen LogP contribution in [0, 0.1) is 17.1 Å². The van der Waals surface area contributed by atoms with E-state index < -0.39 is 11.4 Å². The molecule has 0 fully saturated rings. The fourth-order valence-electron chi connectivity index (χ4n) is 1.49. The van der Waals surface area contributed by atoms with Crippen LogP contribution in [0.3, 0.4) is 0 Å². The first kappa shape index (κ1) is 14.3. The molecule has 1 atom stereocenters. The van der Waals surface area contributed by atoms with E-state index in [2.05, 4.69) is 21.4 Å². The van der Waals surface area contributed by atoms with Crippen LogP contribution in [-0.2, 0) is 5.54 Å². The lowest BCUT2D eigenvalue weighted by molar-refractivity contribution is 0.472. The molecule has 18 heavy (non-hydrogen) atoms. The number of rotatable bonds is 5. The summed E-state index contributed by atoms with van der Waals surface area (Å²) in [5.41, 5.74) is 7.57. The molecule has 0 radical (unpaired) electrons. The highest BCUT2D eigenvalue weighted by Crippen LogP contribution is 2.28. The van der Waals surface area contributed by atoms with Crippen molar-refractivity contribution in [2.75, 3.05) is 13.1 Å². The largest absolute Gasteiger partial charge is 0.296 e. The van der Waals surface area contributed by atoms with Gasteiger partial charge in [-0.1, -0.05) is 22.8 Å². The number of nitriles is 1. The molecule has 7 heteroatoms. The molecule has 0 saturated carbocycles. The molecule has 0 saturated heterocycles. The first-order valence-electron chi connectivity index (χ1n) is 5.16. The maximum atomic E-state index is 12.9. The quantitative estimate of drug-likeness (QED) is 0.385. The Kier molecular flexibility index (Phi) is 4.93. The third kappa shape index (κ3) is 3.34. The predicted octanol–water partition coefficient (Wildman–Crippen LogP) is 3.12. The van der Waals surface area contributed by atoms with Crippen molar-refractivity contribution in [3.8, 4) is 6.07 Å². The number of halogens is 2.